The van der Waals surface area contributed by atoms with E-state index in [1.54, 1.807) is 0 Å². The molecular formula is C20H27N3. The summed E-state index contributed by atoms with van der Waals surface area (Å²) >= 11 is 0. The van der Waals surface area contributed by atoms with Crippen LogP contribution >= 0.6 is 0 Å². The number of nitrogens with one attached hydrogen (secondary N) is 2. The molecule has 122 valence electrons. The van der Waals surface area contributed by atoms with Crippen molar-refractivity contribution in [2.75, 3.05) is 17.4 Å². The van der Waals surface area contributed by atoms with Crippen molar-refractivity contribution in [1.82, 2.24) is 5.43 Å². The van der Waals surface area contributed by atoms with E-state index in [2.05, 4.69) is 73.9 Å². The van der Waals surface area contributed by atoms with E-state index in [0.29, 0.717) is 5.92 Å². The number of benzene rings is 2. The first-order valence-corrected chi connectivity index (χ1v) is 8.38. The molecule has 1 atom stereocenters. The number of anilines is 2. The van der Waals surface area contributed by atoms with Crippen LogP contribution in [-0.4, -0.2) is 12.6 Å². The summed E-state index contributed by atoms with van der Waals surface area (Å²) in [4.78, 5) is 2.42. The average molecular weight is 309 g/mol. The van der Waals surface area contributed by atoms with Crippen LogP contribution in [0.25, 0.3) is 0 Å². The molecule has 0 saturated heterocycles. The standard InChI is InChI=1S/C20H27N3/c1-15-13-20(2,3)23(4)19-11-10-16(12-18(15)19)14-21-22-17-8-6-5-7-9-17/h5-12,15,21-22H,13-14H2,1-4H3. The van der Waals surface area contributed by atoms with Gasteiger partial charge in [0.25, 0.3) is 0 Å². The zero-order chi connectivity index (χ0) is 16.4. The van der Waals surface area contributed by atoms with Crippen LogP contribution in [0.1, 0.15) is 44.2 Å². The summed E-state index contributed by atoms with van der Waals surface area (Å²) in [6.45, 7) is 7.80. The number of rotatable bonds is 4. The largest absolute Gasteiger partial charge is 0.369 e. The van der Waals surface area contributed by atoms with E-state index in [1.807, 2.05) is 18.2 Å². The maximum Gasteiger partial charge on any atom is 0.0487 e. The number of fused-ring (bicyclic) bond motifs is 1. The monoisotopic (exact) mass is 309 g/mol. The Hall–Kier alpha value is -2.00. The molecule has 0 radical (unpaired) electrons. The molecule has 0 saturated carbocycles. The van der Waals surface area contributed by atoms with Gasteiger partial charge in [-0.2, -0.15) is 0 Å². The van der Waals surface area contributed by atoms with E-state index < -0.39 is 0 Å². The minimum absolute atomic E-state index is 0.223. The first kappa shape index (κ1) is 15.9. The highest BCUT2D eigenvalue weighted by molar-refractivity contribution is 5.60. The maximum absolute atomic E-state index is 3.30. The number of nitrogens with zero attached hydrogens (tertiary/aromatic N) is 1. The van der Waals surface area contributed by atoms with Gasteiger partial charge in [0.1, 0.15) is 0 Å². The molecule has 0 fully saturated rings. The quantitative estimate of drug-likeness (QED) is 0.813. The van der Waals surface area contributed by atoms with Gasteiger partial charge < -0.3 is 10.3 Å². The van der Waals surface area contributed by atoms with Gasteiger partial charge >= 0.3 is 0 Å². The van der Waals surface area contributed by atoms with Crippen molar-refractivity contribution in [1.29, 1.82) is 0 Å². The van der Waals surface area contributed by atoms with Gasteiger partial charge in [-0.15, -0.1) is 0 Å². The molecule has 2 aromatic carbocycles. The van der Waals surface area contributed by atoms with Crippen LogP contribution in [0.15, 0.2) is 48.5 Å². The zero-order valence-corrected chi connectivity index (χ0v) is 14.6. The fourth-order valence-electron chi connectivity index (χ4n) is 3.51. The van der Waals surface area contributed by atoms with Crippen molar-refractivity contribution in [2.24, 2.45) is 0 Å². The molecule has 2 N–H and O–H groups in total. The van der Waals surface area contributed by atoms with Crippen molar-refractivity contribution in [2.45, 2.75) is 45.2 Å². The second-order valence-electron chi connectivity index (χ2n) is 7.21. The van der Waals surface area contributed by atoms with E-state index in [1.165, 1.54) is 23.2 Å². The van der Waals surface area contributed by atoms with Crippen LogP contribution in [-0.2, 0) is 6.54 Å². The molecular weight excluding hydrogens is 282 g/mol. The SMILES string of the molecule is CC1CC(C)(C)N(C)c2ccc(CNNc3ccccc3)cc21. The molecule has 0 aliphatic carbocycles. The Labute approximate surface area is 139 Å². The molecule has 1 aliphatic heterocycles. The molecule has 3 heteroatoms. The Morgan fingerprint density at radius 1 is 1.13 bits per heavy atom. The lowest BCUT2D eigenvalue weighted by Gasteiger charge is -2.45. The van der Waals surface area contributed by atoms with Gasteiger partial charge in [0.15, 0.2) is 0 Å². The molecule has 0 bridgehead atoms. The first-order valence-electron chi connectivity index (χ1n) is 8.38. The highest BCUT2D eigenvalue weighted by Crippen LogP contribution is 2.42. The third kappa shape index (κ3) is 3.35. The summed E-state index contributed by atoms with van der Waals surface area (Å²) in [5.74, 6) is 0.596. The molecule has 2 aromatic rings. The summed E-state index contributed by atoms with van der Waals surface area (Å²) < 4.78 is 0. The van der Waals surface area contributed by atoms with Crippen LogP contribution < -0.4 is 15.8 Å². The van der Waals surface area contributed by atoms with Gasteiger partial charge in [-0.3, -0.25) is 0 Å². The Bertz CT molecular complexity index is 664. The minimum Gasteiger partial charge on any atom is -0.369 e. The van der Waals surface area contributed by atoms with Crippen LogP contribution in [0, 0.1) is 0 Å². The molecule has 1 unspecified atom stereocenters. The lowest BCUT2D eigenvalue weighted by Crippen LogP contribution is -2.45. The lowest BCUT2D eigenvalue weighted by atomic mass is 9.80. The van der Waals surface area contributed by atoms with Crippen LogP contribution in [0.2, 0.25) is 0 Å². The predicted octanol–water partition coefficient (Wildman–Crippen LogP) is 4.53. The third-order valence-electron chi connectivity index (χ3n) is 5.00. The fourth-order valence-corrected chi connectivity index (χ4v) is 3.51. The molecule has 0 aromatic heterocycles. The second kappa shape index (κ2) is 6.25. The van der Waals surface area contributed by atoms with E-state index >= 15 is 0 Å². The summed E-state index contributed by atoms with van der Waals surface area (Å²) in [6.07, 6.45) is 1.19. The van der Waals surface area contributed by atoms with Crippen molar-refractivity contribution >= 4 is 11.4 Å². The maximum atomic E-state index is 3.30. The van der Waals surface area contributed by atoms with E-state index in [-0.39, 0.29) is 5.54 Å². The number of hydrogen-bond donors (Lipinski definition) is 2. The van der Waals surface area contributed by atoms with Crippen LogP contribution in [0.5, 0.6) is 0 Å². The number of hydrazine groups is 1. The molecule has 0 amide bonds. The van der Waals surface area contributed by atoms with E-state index in [4.69, 9.17) is 0 Å². The van der Waals surface area contributed by atoms with E-state index in [0.717, 1.165) is 12.2 Å². The highest BCUT2D eigenvalue weighted by Gasteiger charge is 2.33. The van der Waals surface area contributed by atoms with Gasteiger partial charge in [-0.25, -0.2) is 5.43 Å². The summed E-state index contributed by atoms with van der Waals surface area (Å²) in [5.41, 5.74) is 12.0. The smallest absolute Gasteiger partial charge is 0.0487 e. The number of hydrogen-bond acceptors (Lipinski definition) is 3. The second-order valence-corrected chi connectivity index (χ2v) is 7.21. The topological polar surface area (TPSA) is 27.3 Å². The Kier molecular flexibility index (Phi) is 4.31. The highest BCUT2D eigenvalue weighted by atomic mass is 15.3. The zero-order valence-electron chi connectivity index (χ0n) is 14.6. The summed E-state index contributed by atoms with van der Waals surface area (Å²) in [6, 6.07) is 17.0. The first-order chi connectivity index (χ1) is 11.0. The van der Waals surface area contributed by atoms with Crippen LogP contribution in [0.3, 0.4) is 0 Å². The molecule has 3 rings (SSSR count). The Balaban J connectivity index is 1.70. The molecule has 23 heavy (non-hydrogen) atoms. The predicted molar refractivity (Wildman–Crippen MR) is 98.9 cm³/mol. The molecule has 0 spiro atoms. The Morgan fingerprint density at radius 2 is 1.87 bits per heavy atom. The summed E-state index contributed by atoms with van der Waals surface area (Å²) in [5, 5.41) is 0. The third-order valence-corrected chi connectivity index (χ3v) is 5.00. The van der Waals surface area contributed by atoms with E-state index in [9.17, 15) is 0 Å². The molecule has 1 aliphatic rings. The Morgan fingerprint density at radius 3 is 2.61 bits per heavy atom. The van der Waals surface area contributed by atoms with Crippen molar-refractivity contribution in [3.8, 4) is 0 Å². The lowest BCUT2D eigenvalue weighted by molar-refractivity contribution is 0.395. The van der Waals surface area contributed by atoms with Crippen molar-refractivity contribution < 1.29 is 0 Å². The fraction of sp³-hybridized carbons (Fsp3) is 0.400. The van der Waals surface area contributed by atoms with Crippen molar-refractivity contribution in [3.63, 3.8) is 0 Å². The minimum atomic E-state index is 0.223. The van der Waals surface area contributed by atoms with Gasteiger partial charge in [-0.1, -0.05) is 37.3 Å². The van der Waals surface area contributed by atoms with Gasteiger partial charge in [-0.05, 0) is 55.5 Å². The molecule has 3 nitrogen and oxygen atoms in total. The van der Waals surface area contributed by atoms with Crippen LogP contribution in [0.4, 0.5) is 11.4 Å². The van der Waals surface area contributed by atoms with Gasteiger partial charge in [0, 0.05) is 30.5 Å². The van der Waals surface area contributed by atoms with Crippen molar-refractivity contribution in [3.05, 3.63) is 59.7 Å². The van der Waals surface area contributed by atoms with Gasteiger partial charge in [0.2, 0.25) is 0 Å². The molecule has 1 heterocycles. The summed E-state index contributed by atoms with van der Waals surface area (Å²) in [7, 11) is 2.21. The number of para-hydroxylation sites is 1. The van der Waals surface area contributed by atoms with Gasteiger partial charge in [0.05, 0.1) is 0 Å². The average Bonchev–Trinajstić information content (AvgIpc) is 2.53. The normalized spacial score (nSPS) is 19.3.